The first-order chi connectivity index (χ1) is 11.8. The number of fused-ring (bicyclic) bond motifs is 1. The molecule has 3 nitrogen and oxygen atoms in total. The van der Waals surface area contributed by atoms with Crippen LogP contribution in [0.4, 0.5) is 11.4 Å². The molecule has 0 spiro atoms. The molecular formula is C21H22N2O. The number of carbonyl (C=O) groups excluding carboxylic acids is 1. The highest BCUT2D eigenvalue weighted by atomic mass is 16.1. The summed E-state index contributed by atoms with van der Waals surface area (Å²) in [5.41, 5.74) is 5.41. The summed E-state index contributed by atoms with van der Waals surface area (Å²) in [7, 11) is 0. The monoisotopic (exact) mass is 318 g/mol. The molecule has 0 radical (unpaired) electrons. The molecule has 2 aromatic carbocycles. The lowest BCUT2D eigenvalue weighted by Gasteiger charge is -2.29. The van der Waals surface area contributed by atoms with Crippen LogP contribution in [0, 0.1) is 0 Å². The Morgan fingerprint density at radius 3 is 2.42 bits per heavy atom. The third-order valence-electron chi connectivity index (χ3n) is 5.08. The smallest absolute Gasteiger partial charge is 0.163 e. The minimum atomic E-state index is 0.0837. The van der Waals surface area contributed by atoms with Gasteiger partial charge in [-0.3, -0.25) is 4.79 Å². The summed E-state index contributed by atoms with van der Waals surface area (Å²) in [6, 6.07) is 18.7. The summed E-state index contributed by atoms with van der Waals surface area (Å²) in [4.78, 5) is 12.9. The van der Waals surface area contributed by atoms with Gasteiger partial charge in [-0.15, -0.1) is 0 Å². The van der Waals surface area contributed by atoms with Gasteiger partial charge in [0.1, 0.15) is 0 Å². The molecule has 0 unspecified atom stereocenters. The molecule has 122 valence electrons. The Hall–Kier alpha value is -2.55. The van der Waals surface area contributed by atoms with Crippen molar-refractivity contribution in [3.05, 3.63) is 71.4 Å². The van der Waals surface area contributed by atoms with E-state index in [0.29, 0.717) is 6.42 Å². The molecule has 1 aliphatic carbocycles. The van der Waals surface area contributed by atoms with Crippen LogP contribution in [0.15, 0.2) is 65.9 Å². The van der Waals surface area contributed by atoms with Crippen molar-refractivity contribution < 1.29 is 4.79 Å². The van der Waals surface area contributed by atoms with Gasteiger partial charge in [0.05, 0.1) is 17.4 Å². The average molecular weight is 318 g/mol. The number of nitrogens with one attached hydrogen (secondary N) is 2. The lowest BCUT2D eigenvalue weighted by Crippen LogP contribution is -2.31. The lowest BCUT2D eigenvalue weighted by atomic mass is 9.79. The fourth-order valence-electron chi connectivity index (χ4n) is 3.86. The van der Waals surface area contributed by atoms with Gasteiger partial charge >= 0.3 is 0 Å². The van der Waals surface area contributed by atoms with Crippen molar-refractivity contribution in [3.8, 4) is 0 Å². The summed E-state index contributed by atoms with van der Waals surface area (Å²) in [5.74, 6) is 0.525. The number of carbonyl (C=O) groups is 1. The van der Waals surface area contributed by atoms with E-state index < -0.39 is 0 Å². The van der Waals surface area contributed by atoms with Crippen LogP contribution in [0.5, 0.6) is 0 Å². The first kappa shape index (κ1) is 15.0. The fraction of sp³-hybridized carbons (Fsp3) is 0.286. The van der Waals surface area contributed by atoms with E-state index in [-0.39, 0.29) is 17.7 Å². The van der Waals surface area contributed by atoms with E-state index in [1.165, 1.54) is 5.56 Å². The number of Topliss-reactive ketones (excluding diaryl/α,β-unsaturated/α-hetero) is 1. The van der Waals surface area contributed by atoms with Crippen molar-refractivity contribution in [1.82, 2.24) is 0 Å². The predicted molar refractivity (Wildman–Crippen MR) is 98.2 cm³/mol. The van der Waals surface area contributed by atoms with Gasteiger partial charge in [-0.25, -0.2) is 0 Å². The molecule has 1 heterocycles. The molecular weight excluding hydrogens is 296 g/mol. The van der Waals surface area contributed by atoms with Gasteiger partial charge in [0, 0.05) is 17.7 Å². The predicted octanol–water partition coefficient (Wildman–Crippen LogP) is 4.70. The maximum Gasteiger partial charge on any atom is 0.163 e. The average Bonchev–Trinajstić information content (AvgIpc) is 2.78. The lowest BCUT2D eigenvalue weighted by molar-refractivity contribution is -0.116. The van der Waals surface area contributed by atoms with Crippen LogP contribution < -0.4 is 10.6 Å². The van der Waals surface area contributed by atoms with Crippen LogP contribution in [0.25, 0.3) is 0 Å². The van der Waals surface area contributed by atoms with E-state index in [0.717, 1.165) is 35.5 Å². The standard InChI is InChI=1S/C21H22N2O/c1-2-16-21-19(23-18-11-7-6-10-17(18)22-16)12-15(13-20(21)24)14-8-4-3-5-9-14/h3-11,15-16,22-23H,2,12-13H2,1H3/t15-,16+/m1/s1. The summed E-state index contributed by atoms with van der Waals surface area (Å²) in [6.07, 6.45) is 2.38. The second-order valence-electron chi connectivity index (χ2n) is 6.61. The number of allylic oxidation sites excluding steroid dienone is 1. The van der Waals surface area contributed by atoms with Crippen molar-refractivity contribution in [3.63, 3.8) is 0 Å². The number of hydrogen-bond acceptors (Lipinski definition) is 3. The molecule has 2 N–H and O–H groups in total. The molecule has 0 fully saturated rings. The summed E-state index contributed by atoms with van der Waals surface area (Å²) < 4.78 is 0. The number of ketones is 1. The van der Waals surface area contributed by atoms with Crippen LogP contribution in [-0.4, -0.2) is 11.8 Å². The van der Waals surface area contributed by atoms with Crippen molar-refractivity contribution in [2.75, 3.05) is 10.6 Å². The fourth-order valence-corrected chi connectivity index (χ4v) is 3.86. The Balaban J connectivity index is 1.74. The quantitative estimate of drug-likeness (QED) is 0.843. The zero-order valence-corrected chi connectivity index (χ0v) is 13.9. The molecule has 0 aromatic heterocycles. The van der Waals surface area contributed by atoms with E-state index in [2.05, 4.69) is 54.0 Å². The van der Waals surface area contributed by atoms with Crippen molar-refractivity contribution in [2.24, 2.45) is 0 Å². The largest absolute Gasteiger partial charge is 0.376 e. The van der Waals surface area contributed by atoms with Crippen LogP contribution in [0.1, 0.15) is 37.7 Å². The Morgan fingerprint density at radius 2 is 1.67 bits per heavy atom. The number of para-hydroxylation sites is 2. The van der Waals surface area contributed by atoms with Gasteiger partial charge < -0.3 is 10.6 Å². The van der Waals surface area contributed by atoms with E-state index in [1.54, 1.807) is 0 Å². The molecule has 2 aliphatic rings. The number of benzene rings is 2. The Bertz CT molecular complexity index is 794. The van der Waals surface area contributed by atoms with E-state index in [4.69, 9.17) is 0 Å². The minimum Gasteiger partial charge on any atom is -0.376 e. The maximum atomic E-state index is 12.9. The van der Waals surface area contributed by atoms with Crippen molar-refractivity contribution in [1.29, 1.82) is 0 Å². The second kappa shape index (κ2) is 6.16. The SMILES string of the molecule is CC[C@@H]1Nc2ccccc2NC2=C1C(=O)C[C@H](c1ccccc1)C2. The van der Waals surface area contributed by atoms with Gasteiger partial charge in [-0.1, -0.05) is 49.4 Å². The van der Waals surface area contributed by atoms with Crippen LogP contribution in [0.3, 0.4) is 0 Å². The molecule has 24 heavy (non-hydrogen) atoms. The Kier molecular flexibility index (Phi) is 3.85. The second-order valence-corrected chi connectivity index (χ2v) is 6.61. The molecule has 2 atom stereocenters. The van der Waals surface area contributed by atoms with Crippen molar-refractivity contribution in [2.45, 2.75) is 38.1 Å². The van der Waals surface area contributed by atoms with Gasteiger partial charge in [-0.2, -0.15) is 0 Å². The van der Waals surface area contributed by atoms with Crippen molar-refractivity contribution >= 4 is 17.2 Å². The van der Waals surface area contributed by atoms with Gasteiger partial charge in [0.25, 0.3) is 0 Å². The summed E-state index contributed by atoms with van der Waals surface area (Å²) in [5, 5.41) is 7.10. The minimum absolute atomic E-state index is 0.0837. The van der Waals surface area contributed by atoms with Crippen LogP contribution >= 0.6 is 0 Å². The topological polar surface area (TPSA) is 41.1 Å². The molecule has 0 bridgehead atoms. The third-order valence-corrected chi connectivity index (χ3v) is 5.08. The van der Waals surface area contributed by atoms with E-state index in [1.807, 2.05) is 18.2 Å². The molecule has 4 rings (SSSR count). The number of anilines is 2. The molecule has 0 amide bonds. The van der Waals surface area contributed by atoms with Crippen LogP contribution in [0.2, 0.25) is 0 Å². The Morgan fingerprint density at radius 1 is 0.958 bits per heavy atom. The first-order valence-corrected chi connectivity index (χ1v) is 8.70. The highest BCUT2D eigenvalue weighted by Gasteiger charge is 2.34. The number of rotatable bonds is 2. The van der Waals surface area contributed by atoms with Gasteiger partial charge in [0.15, 0.2) is 5.78 Å². The highest BCUT2D eigenvalue weighted by Crippen LogP contribution is 2.40. The maximum absolute atomic E-state index is 12.9. The Labute approximate surface area is 142 Å². The summed E-state index contributed by atoms with van der Waals surface area (Å²) in [6.45, 7) is 2.13. The zero-order chi connectivity index (χ0) is 16.5. The zero-order valence-electron chi connectivity index (χ0n) is 13.9. The van der Waals surface area contributed by atoms with Gasteiger partial charge in [0.2, 0.25) is 0 Å². The molecule has 1 aliphatic heterocycles. The first-order valence-electron chi connectivity index (χ1n) is 8.70. The van der Waals surface area contributed by atoms with Crippen LogP contribution in [-0.2, 0) is 4.79 Å². The summed E-state index contributed by atoms with van der Waals surface area (Å²) >= 11 is 0. The van der Waals surface area contributed by atoms with E-state index >= 15 is 0 Å². The molecule has 0 saturated heterocycles. The molecule has 3 heteroatoms. The highest BCUT2D eigenvalue weighted by molar-refractivity contribution is 6.01. The molecule has 0 saturated carbocycles. The molecule has 2 aromatic rings. The number of hydrogen-bond donors (Lipinski definition) is 2. The third kappa shape index (κ3) is 2.60. The van der Waals surface area contributed by atoms with E-state index in [9.17, 15) is 4.79 Å². The normalized spacial score (nSPS) is 22.8. The van der Waals surface area contributed by atoms with Gasteiger partial charge in [-0.05, 0) is 36.5 Å².